The largest absolute Gasteiger partial charge is 0.444 e. The van der Waals surface area contributed by atoms with Gasteiger partial charge >= 0.3 is 12.2 Å². The number of hydrogen-bond acceptors (Lipinski definition) is 8. The third-order valence-corrected chi connectivity index (χ3v) is 4.99. The molecule has 11 heteroatoms. The molecule has 1 aromatic rings. The van der Waals surface area contributed by atoms with E-state index in [9.17, 15) is 9.59 Å². The number of aliphatic hydroxyl groups is 1. The van der Waals surface area contributed by atoms with Crippen molar-refractivity contribution in [3.05, 3.63) is 18.2 Å². The van der Waals surface area contributed by atoms with Crippen molar-refractivity contribution in [1.29, 1.82) is 0 Å². The summed E-state index contributed by atoms with van der Waals surface area (Å²) in [7, 11) is 0. The van der Waals surface area contributed by atoms with Crippen molar-refractivity contribution in [2.24, 2.45) is 0 Å². The molecule has 0 aliphatic carbocycles. The van der Waals surface area contributed by atoms with Crippen molar-refractivity contribution in [1.82, 2.24) is 19.8 Å². The van der Waals surface area contributed by atoms with E-state index in [4.69, 9.17) is 24.2 Å². The van der Waals surface area contributed by atoms with Crippen molar-refractivity contribution < 1.29 is 33.8 Å². The topological polar surface area (TPSA) is 142 Å². The SMILES string of the molecule is CC(C)(C)OC(=O)N1CCCC1CO.CC(C)(C)OC(=O)N1CCC[C@H]1c1ncc[nH]1.O=CC=O. The summed E-state index contributed by atoms with van der Waals surface area (Å²) in [4.78, 5) is 51.9. The molecule has 11 nitrogen and oxygen atoms in total. The Balaban J connectivity index is 0.000000309. The van der Waals surface area contributed by atoms with Gasteiger partial charge in [-0.25, -0.2) is 14.6 Å². The first-order valence-electron chi connectivity index (χ1n) is 11.8. The first kappa shape index (κ1) is 30.1. The number of H-pyrrole nitrogens is 1. The maximum Gasteiger partial charge on any atom is 0.410 e. The number of aromatic amines is 1. The molecule has 2 N–H and O–H groups in total. The zero-order chi connectivity index (χ0) is 26.6. The second kappa shape index (κ2) is 13.8. The molecule has 0 radical (unpaired) electrons. The average molecular weight is 497 g/mol. The Bertz CT molecular complexity index is 794. The fraction of sp³-hybridized carbons (Fsp3) is 0.708. The molecular formula is C24H40N4O7. The van der Waals surface area contributed by atoms with Crippen LogP contribution in [0.25, 0.3) is 0 Å². The Hall–Kier alpha value is -2.95. The van der Waals surface area contributed by atoms with E-state index in [0.717, 1.165) is 38.1 Å². The third-order valence-electron chi connectivity index (χ3n) is 4.99. The van der Waals surface area contributed by atoms with E-state index in [2.05, 4.69) is 9.97 Å². The minimum Gasteiger partial charge on any atom is -0.444 e. The van der Waals surface area contributed by atoms with Gasteiger partial charge in [0, 0.05) is 25.5 Å². The van der Waals surface area contributed by atoms with Crippen LogP contribution in [0.1, 0.15) is 79.1 Å². The summed E-state index contributed by atoms with van der Waals surface area (Å²) in [6.45, 7) is 12.6. The maximum atomic E-state index is 12.0. The number of amides is 2. The van der Waals surface area contributed by atoms with Gasteiger partial charge in [0.25, 0.3) is 0 Å². The predicted molar refractivity (Wildman–Crippen MR) is 129 cm³/mol. The Kier molecular flexibility index (Phi) is 11.9. The molecule has 2 amide bonds. The van der Waals surface area contributed by atoms with Gasteiger partial charge in [-0.1, -0.05) is 0 Å². The summed E-state index contributed by atoms with van der Waals surface area (Å²) in [6, 6.07) is -0.0234. The Morgan fingerprint density at radius 2 is 1.51 bits per heavy atom. The number of ether oxygens (including phenoxy) is 2. The predicted octanol–water partition coefficient (Wildman–Crippen LogP) is 3.24. The fourth-order valence-electron chi connectivity index (χ4n) is 3.64. The standard InChI is InChI=1S/C12H19N3O2.C10H19NO3.C2H2O2/c1-12(2,3)17-11(16)15-8-4-5-9(15)10-13-6-7-14-10;1-10(2,3)14-9(13)11-6-4-5-8(11)7-12;3-1-2-4/h6-7,9H,4-5,8H2,1-3H3,(H,13,14);8,12H,4-7H2,1-3H3;1-2H/t9-;;/m0../s1. The minimum absolute atomic E-state index is 0.0270. The highest BCUT2D eigenvalue weighted by Gasteiger charge is 2.34. The summed E-state index contributed by atoms with van der Waals surface area (Å²) in [5.74, 6) is 0.841. The Labute approximate surface area is 207 Å². The number of aromatic nitrogens is 2. The molecule has 3 heterocycles. The highest BCUT2D eigenvalue weighted by atomic mass is 16.6. The first-order valence-corrected chi connectivity index (χ1v) is 11.8. The van der Waals surface area contributed by atoms with Crippen LogP contribution >= 0.6 is 0 Å². The molecule has 2 aliphatic rings. The van der Waals surface area contributed by atoms with Crippen molar-refractivity contribution in [2.45, 2.75) is 90.5 Å². The Morgan fingerprint density at radius 1 is 1.00 bits per heavy atom. The molecule has 1 aromatic heterocycles. The number of nitrogens with one attached hydrogen (secondary N) is 1. The molecule has 198 valence electrons. The van der Waals surface area contributed by atoms with E-state index in [-0.39, 0.29) is 43.4 Å². The van der Waals surface area contributed by atoms with Gasteiger partial charge in [-0.2, -0.15) is 0 Å². The number of aliphatic hydroxyl groups excluding tert-OH is 1. The summed E-state index contributed by atoms with van der Waals surface area (Å²) < 4.78 is 10.6. The molecular weight excluding hydrogens is 456 g/mol. The van der Waals surface area contributed by atoms with Crippen LogP contribution in [-0.2, 0) is 19.1 Å². The van der Waals surface area contributed by atoms with Gasteiger partial charge in [-0.15, -0.1) is 0 Å². The molecule has 0 aromatic carbocycles. The van der Waals surface area contributed by atoms with Gasteiger partial charge in [0.15, 0.2) is 12.6 Å². The van der Waals surface area contributed by atoms with Crippen molar-refractivity contribution in [3.8, 4) is 0 Å². The number of nitrogens with zero attached hydrogens (tertiary/aromatic N) is 3. The number of imidazole rings is 1. The molecule has 0 spiro atoms. The highest BCUT2D eigenvalue weighted by Crippen LogP contribution is 2.31. The van der Waals surface area contributed by atoms with Gasteiger partial charge in [0.2, 0.25) is 0 Å². The van der Waals surface area contributed by atoms with Crippen LogP contribution in [0.2, 0.25) is 0 Å². The second-order valence-electron chi connectivity index (χ2n) is 10.2. The number of hydrogen-bond donors (Lipinski definition) is 2. The monoisotopic (exact) mass is 496 g/mol. The molecule has 3 rings (SSSR count). The van der Waals surface area contributed by atoms with E-state index >= 15 is 0 Å². The summed E-state index contributed by atoms with van der Waals surface area (Å²) in [6.07, 6.45) is 7.06. The van der Waals surface area contributed by atoms with Crippen molar-refractivity contribution in [3.63, 3.8) is 0 Å². The lowest BCUT2D eigenvalue weighted by atomic mass is 10.2. The second-order valence-corrected chi connectivity index (χ2v) is 10.2. The van der Waals surface area contributed by atoms with Gasteiger partial charge in [0.05, 0.1) is 18.7 Å². The zero-order valence-electron chi connectivity index (χ0n) is 21.7. The first-order chi connectivity index (χ1) is 16.3. The minimum atomic E-state index is -0.459. The van der Waals surface area contributed by atoms with E-state index < -0.39 is 11.2 Å². The van der Waals surface area contributed by atoms with Gasteiger partial charge in [-0.05, 0) is 67.2 Å². The summed E-state index contributed by atoms with van der Waals surface area (Å²) >= 11 is 0. The van der Waals surface area contributed by atoms with Crippen LogP contribution in [-0.4, -0.2) is 86.6 Å². The lowest BCUT2D eigenvalue weighted by Crippen LogP contribution is -2.41. The average Bonchev–Trinajstić information content (AvgIpc) is 3.52. The van der Waals surface area contributed by atoms with Gasteiger partial charge in [0.1, 0.15) is 17.0 Å². The number of rotatable bonds is 3. The maximum absolute atomic E-state index is 12.0. The van der Waals surface area contributed by atoms with Gasteiger partial charge < -0.3 is 24.5 Å². The van der Waals surface area contributed by atoms with Crippen molar-refractivity contribution in [2.75, 3.05) is 19.7 Å². The number of carbonyl (C=O) groups is 4. The van der Waals surface area contributed by atoms with Crippen LogP contribution in [0.3, 0.4) is 0 Å². The molecule has 2 aliphatic heterocycles. The molecule has 1 unspecified atom stereocenters. The van der Waals surface area contributed by atoms with E-state index in [0.29, 0.717) is 6.54 Å². The molecule has 2 atom stereocenters. The summed E-state index contributed by atoms with van der Waals surface area (Å²) in [5.41, 5.74) is -0.910. The fourth-order valence-corrected chi connectivity index (χ4v) is 3.64. The van der Waals surface area contributed by atoms with E-state index in [1.807, 2.05) is 41.5 Å². The number of aldehydes is 2. The van der Waals surface area contributed by atoms with Gasteiger partial charge in [-0.3, -0.25) is 14.5 Å². The lowest BCUT2D eigenvalue weighted by Gasteiger charge is -2.27. The molecule has 2 saturated heterocycles. The molecule has 0 bridgehead atoms. The third kappa shape index (κ3) is 10.9. The normalized spacial score (nSPS) is 19.6. The van der Waals surface area contributed by atoms with Crippen LogP contribution in [0.4, 0.5) is 9.59 Å². The van der Waals surface area contributed by atoms with E-state index in [1.165, 1.54) is 0 Å². The van der Waals surface area contributed by atoms with Crippen LogP contribution in [0, 0.1) is 0 Å². The summed E-state index contributed by atoms with van der Waals surface area (Å²) in [5, 5.41) is 9.03. The van der Waals surface area contributed by atoms with Crippen molar-refractivity contribution >= 4 is 24.8 Å². The lowest BCUT2D eigenvalue weighted by molar-refractivity contribution is -0.122. The van der Waals surface area contributed by atoms with Crippen LogP contribution in [0.5, 0.6) is 0 Å². The number of carbonyl (C=O) groups excluding carboxylic acids is 4. The smallest absolute Gasteiger partial charge is 0.410 e. The Morgan fingerprint density at radius 3 is 1.97 bits per heavy atom. The van der Waals surface area contributed by atoms with Crippen LogP contribution < -0.4 is 0 Å². The zero-order valence-corrected chi connectivity index (χ0v) is 21.7. The highest BCUT2D eigenvalue weighted by molar-refractivity contribution is 6.09. The molecule has 35 heavy (non-hydrogen) atoms. The van der Waals surface area contributed by atoms with Crippen LogP contribution in [0.15, 0.2) is 12.4 Å². The quantitative estimate of drug-likeness (QED) is 0.480. The van der Waals surface area contributed by atoms with E-state index in [1.54, 1.807) is 22.2 Å². The number of likely N-dealkylation sites (tertiary alicyclic amines) is 2. The molecule has 2 fully saturated rings. The molecule has 0 saturated carbocycles.